The molecule has 1 aromatic carbocycles. The molecular weight excluding hydrogens is 342 g/mol. The summed E-state index contributed by atoms with van der Waals surface area (Å²) in [6.45, 7) is 2.93. The van der Waals surface area contributed by atoms with Gasteiger partial charge in [0.25, 0.3) is 5.56 Å². The second-order valence-corrected chi connectivity index (χ2v) is 6.68. The molecule has 0 unspecified atom stereocenters. The predicted octanol–water partition coefficient (Wildman–Crippen LogP) is 3.27. The van der Waals surface area contributed by atoms with Gasteiger partial charge in [-0.05, 0) is 36.8 Å². The fourth-order valence-electron chi connectivity index (χ4n) is 2.78. The Morgan fingerprint density at radius 1 is 1.40 bits per heavy atom. The molecule has 0 aliphatic heterocycles. The number of aromatic nitrogens is 2. The van der Waals surface area contributed by atoms with Crippen LogP contribution < -0.4 is 10.9 Å². The summed E-state index contributed by atoms with van der Waals surface area (Å²) in [7, 11) is 1.29. The van der Waals surface area contributed by atoms with E-state index in [4.69, 9.17) is 16.3 Å². The van der Waals surface area contributed by atoms with E-state index in [1.807, 2.05) is 0 Å². The molecule has 1 fully saturated rings. The average Bonchev–Trinajstić information content (AvgIpc) is 3.43. The van der Waals surface area contributed by atoms with Crippen molar-refractivity contribution in [1.29, 1.82) is 0 Å². The number of para-hydroxylation sites is 1. The van der Waals surface area contributed by atoms with Crippen molar-refractivity contribution in [2.24, 2.45) is 5.41 Å². The largest absolute Gasteiger partial charge is 0.465 e. The quantitative estimate of drug-likeness (QED) is 0.799. The van der Waals surface area contributed by atoms with Crippen LogP contribution in [0, 0.1) is 5.41 Å². The van der Waals surface area contributed by atoms with Gasteiger partial charge in [-0.3, -0.25) is 4.79 Å². The highest BCUT2D eigenvalue weighted by atomic mass is 35.5. The lowest BCUT2D eigenvalue weighted by atomic mass is 10.0. The molecule has 7 heteroatoms. The first-order valence-corrected chi connectivity index (χ1v) is 8.58. The molecule has 0 saturated heterocycles. The fourth-order valence-corrected chi connectivity index (χ4v) is 2.98. The predicted molar refractivity (Wildman–Crippen MR) is 96.6 cm³/mol. The second-order valence-electron chi connectivity index (χ2n) is 6.31. The number of esters is 1. The molecule has 1 aliphatic carbocycles. The van der Waals surface area contributed by atoms with Crippen LogP contribution in [0.1, 0.15) is 36.5 Å². The van der Waals surface area contributed by atoms with Crippen molar-refractivity contribution in [1.82, 2.24) is 9.78 Å². The Balaban J connectivity index is 1.94. The van der Waals surface area contributed by atoms with Gasteiger partial charge in [0.05, 0.1) is 30.2 Å². The van der Waals surface area contributed by atoms with Gasteiger partial charge < -0.3 is 10.1 Å². The molecule has 1 N–H and O–H groups in total. The van der Waals surface area contributed by atoms with Crippen LogP contribution in [-0.2, 0) is 4.74 Å². The van der Waals surface area contributed by atoms with Crippen molar-refractivity contribution in [2.45, 2.75) is 26.2 Å². The molecule has 1 saturated carbocycles. The van der Waals surface area contributed by atoms with Crippen molar-refractivity contribution in [3.63, 3.8) is 0 Å². The van der Waals surface area contributed by atoms with Gasteiger partial charge in [0.15, 0.2) is 0 Å². The van der Waals surface area contributed by atoms with Gasteiger partial charge in [-0.1, -0.05) is 30.7 Å². The zero-order valence-electron chi connectivity index (χ0n) is 14.2. The minimum absolute atomic E-state index is 0.0570. The molecule has 3 rings (SSSR count). The normalized spacial score (nSPS) is 14.8. The van der Waals surface area contributed by atoms with Crippen LogP contribution in [-0.4, -0.2) is 29.4 Å². The van der Waals surface area contributed by atoms with E-state index in [1.54, 1.807) is 24.3 Å². The van der Waals surface area contributed by atoms with E-state index < -0.39 is 11.5 Å². The second kappa shape index (κ2) is 6.88. The Morgan fingerprint density at radius 3 is 2.76 bits per heavy atom. The molecule has 2 aromatic rings. The van der Waals surface area contributed by atoms with Crippen LogP contribution >= 0.6 is 11.6 Å². The monoisotopic (exact) mass is 361 g/mol. The third-order valence-electron chi connectivity index (χ3n) is 4.82. The van der Waals surface area contributed by atoms with Crippen LogP contribution in [0.25, 0.3) is 5.69 Å². The number of carbonyl (C=O) groups is 1. The maximum Gasteiger partial charge on any atom is 0.340 e. The van der Waals surface area contributed by atoms with Crippen molar-refractivity contribution >= 4 is 23.3 Å². The molecule has 1 aromatic heterocycles. The van der Waals surface area contributed by atoms with Gasteiger partial charge in [-0.15, -0.1) is 0 Å². The molecule has 1 aliphatic rings. The SMILES string of the molecule is CCC1(CNc2cnn(-c3ccccc3C(=O)OC)c(=O)c2Cl)CC1. The molecule has 6 nitrogen and oxygen atoms in total. The van der Waals surface area contributed by atoms with Crippen LogP contribution in [0.3, 0.4) is 0 Å². The summed E-state index contributed by atoms with van der Waals surface area (Å²) in [4.78, 5) is 24.6. The molecule has 1 heterocycles. The van der Waals surface area contributed by atoms with Gasteiger partial charge in [0.2, 0.25) is 0 Å². The van der Waals surface area contributed by atoms with E-state index in [1.165, 1.54) is 26.1 Å². The Kier molecular flexibility index (Phi) is 4.81. The van der Waals surface area contributed by atoms with E-state index in [0.717, 1.165) is 17.6 Å². The van der Waals surface area contributed by atoms with E-state index in [-0.39, 0.29) is 10.6 Å². The van der Waals surface area contributed by atoms with Crippen molar-refractivity contribution in [3.05, 3.63) is 51.4 Å². The minimum Gasteiger partial charge on any atom is -0.465 e. The summed E-state index contributed by atoms with van der Waals surface area (Å²) in [5.41, 5.74) is 0.928. The number of nitrogens with one attached hydrogen (secondary N) is 1. The lowest BCUT2D eigenvalue weighted by molar-refractivity contribution is 0.0600. The summed E-state index contributed by atoms with van der Waals surface area (Å²) in [5.74, 6) is -0.541. The lowest BCUT2D eigenvalue weighted by Gasteiger charge is -2.16. The Morgan fingerprint density at radius 2 is 2.12 bits per heavy atom. The van der Waals surface area contributed by atoms with Crippen LogP contribution in [0.5, 0.6) is 0 Å². The molecule has 0 atom stereocenters. The third kappa shape index (κ3) is 3.39. The molecule has 132 valence electrons. The summed E-state index contributed by atoms with van der Waals surface area (Å²) < 4.78 is 5.88. The van der Waals surface area contributed by atoms with E-state index in [9.17, 15) is 9.59 Å². The van der Waals surface area contributed by atoms with Crippen molar-refractivity contribution in [2.75, 3.05) is 19.0 Å². The topological polar surface area (TPSA) is 73.2 Å². The maximum absolute atomic E-state index is 12.6. The van der Waals surface area contributed by atoms with Crippen molar-refractivity contribution < 1.29 is 9.53 Å². The zero-order chi connectivity index (χ0) is 18.0. The Bertz CT molecular complexity index is 859. The highest BCUT2D eigenvalue weighted by molar-refractivity contribution is 6.33. The Labute approximate surface area is 150 Å². The van der Waals surface area contributed by atoms with Crippen molar-refractivity contribution in [3.8, 4) is 5.69 Å². The lowest BCUT2D eigenvalue weighted by Crippen LogP contribution is -2.25. The standard InChI is InChI=1S/C18H20ClN3O3/c1-3-18(8-9-18)11-20-13-10-21-22(16(23)15(13)19)14-7-5-4-6-12(14)17(24)25-2/h4-7,10,20H,3,8-9,11H2,1-2H3. The van der Waals surface area contributed by atoms with Crippen LogP contribution in [0.4, 0.5) is 5.69 Å². The number of benzene rings is 1. The Hall–Kier alpha value is -2.34. The summed E-state index contributed by atoms with van der Waals surface area (Å²) in [6.07, 6.45) is 4.98. The zero-order valence-corrected chi connectivity index (χ0v) is 15.0. The first-order valence-electron chi connectivity index (χ1n) is 8.21. The van der Waals surface area contributed by atoms with E-state index >= 15 is 0 Å². The fraction of sp³-hybridized carbons (Fsp3) is 0.389. The first kappa shape index (κ1) is 17.5. The van der Waals surface area contributed by atoms with Crippen LogP contribution in [0.15, 0.2) is 35.3 Å². The summed E-state index contributed by atoms with van der Waals surface area (Å²) >= 11 is 6.25. The number of halogens is 1. The van der Waals surface area contributed by atoms with Gasteiger partial charge >= 0.3 is 5.97 Å². The van der Waals surface area contributed by atoms with E-state index in [2.05, 4.69) is 17.3 Å². The molecule has 0 spiro atoms. The first-order chi connectivity index (χ1) is 12.0. The van der Waals surface area contributed by atoms with Gasteiger partial charge in [-0.25, -0.2) is 4.79 Å². The molecular formula is C18H20ClN3O3. The summed E-state index contributed by atoms with van der Waals surface area (Å²) in [6, 6.07) is 6.61. The van der Waals surface area contributed by atoms with Gasteiger partial charge in [0.1, 0.15) is 5.02 Å². The summed E-state index contributed by atoms with van der Waals surface area (Å²) in [5, 5.41) is 7.48. The van der Waals surface area contributed by atoms with E-state index in [0.29, 0.717) is 16.8 Å². The minimum atomic E-state index is -0.541. The maximum atomic E-state index is 12.6. The van der Waals surface area contributed by atoms with Gasteiger partial charge in [0, 0.05) is 6.54 Å². The molecule has 25 heavy (non-hydrogen) atoms. The average molecular weight is 362 g/mol. The molecule has 0 amide bonds. The molecule has 0 bridgehead atoms. The number of nitrogens with zero attached hydrogens (tertiary/aromatic N) is 2. The van der Waals surface area contributed by atoms with Crippen LogP contribution in [0.2, 0.25) is 5.02 Å². The number of anilines is 1. The number of rotatable bonds is 6. The highest BCUT2D eigenvalue weighted by Gasteiger charge is 2.40. The number of ether oxygens (including phenoxy) is 1. The highest BCUT2D eigenvalue weighted by Crippen LogP contribution is 2.48. The number of hydrogen-bond donors (Lipinski definition) is 1. The van der Waals surface area contributed by atoms with Gasteiger partial charge in [-0.2, -0.15) is 9.78 Å². The number of methoxy groups -OCH3 is 1. The number of hydrogen-bond acceptors (Lipinski definition) is 5. The smallest absolute Gasteiger partial charge is 0.340 e. The molecule has 0 radical (unpaired) electrons. The third-order valence-corrected chi connectivity index (χ3v) is 5.18. The number of carbonyl (C=O) groups excluding carboxylic acids is 1.